The van der Waals surface area contributed by atoms with Crippen LogP contribution in [0.5, 0.6) is 5.75 Å². The van der Waals surface area contributed by atoms with Crippen LogP contribution >= 0.6 is 11.3 Å². The SMILES string of the molecule is COCCCN(CC(=O)N1CCc2sccc2[C@H]1COc1ccc(C(C)C)cc1)C(=O)CC(C)C. The Hall–Kier alpha value is -2.38. The molecule has 2 heterocycles. The number of hydrogen-bond donors (Lipinski definition) is 0. The van der Waals surface area contributed by atoms with Crippen molar-refractivity contribution in [3.63, 3.8) is 0 Å². The first-order valence-corrected chi connectivity index (χ1v) is 13.5. The van der Waals surface area contributed by atoms with Gasteiger partial charge in [-0.3, -0.25) is 9.59 Å². The van der Waals surface area contributed by atoms with Gasteiger partial charge in [-0.2, -0.15) is 0 Å². The zero-order valence-electron chi connectivity index (χ0n) is 21.8. The molecule has 1 aromatic carbocycles. The molecule has 1 aromatic heterocycles. The van der Waals surface area contributed by atoms with Gasteiger partial charge in [0.05, 0.1) is 12.6 Å². The Morgan fingerprint density at radius 2 is 1.89 bits per heavy atom. The third-order valence-electron chi connectivity index (χ3n) is 6.41. The number of carbonyl (C=O) groups excluding carboxylic acids is 2. The van der Waals surface area contributed by atoms with Crippen molar-refractivity contribution in [1.82, 2.24) is 9.80 Å². The van der Waals surface area contributed by atoms with Crippen molar-refractivity contribution in [2.75, 3.05) is 40.0 Å². The van der Waals surface area contributed by atoms with E-state index in [1.807, 2.05) is 30.9 Å². The van der Waals surface area contributed by atoms with Gasteiger partial charge >= 0.3 is 0 Å². The average Bonchev–Trinajstić information content (AvgIpc) is 3.31. The summed E-state index contributed by atoms with van der Waals surface area (Å²) in [5.41, 5.74) is 2.43. The summed E-state index contributed by atoms with van der Waals surface area (Å²) >= 11 is 1.74. The molecular formula is C28H40N2O4S. The number of benzene rings is 1. The van der Waals surface area contributed by atoms with Crippen molar-refractivity contribution in [3.8, 4) is 5.75 Å². The monoisotopic (exact) mass is 500 g/mol. The van der Waals surface area contributed by atoms with Crippen LogP contribution in [-0.4, -0.2) is 61.6 Å². The van der Waals surface area contributed by atoms with E-state index in [0.29, 0.717) is 45.1 Å². The van der Waals surface area contributed by atoms with E-state index in [1.165, 1.54) is 10.4 Å². The maximum atomic E-state index is 13.6. The zero-order chi connectivity index (χ0) is 25.4. The van der Waals surface area contributed by atoms with E-state index in [-0.39, 0.29) is 30.3 Å². The minimum absolute atomic E-state index is 0.0238. The molecule has 0 radical (unpaired) electrons. The molecule has 0 spiro atoms. The summed E-state index contributed by atoms with van der Waals surface area (Å²) in [6, 6.07) is 10.1. The molecule has 1 atom stereocenters. The van der Waals surface area contributed by atoms with E-state index >= 15 is 0 Å². The van der Waals surface area contributed by atoms with Gasteiger partial charge < -0.3 is 19.3 Å². The highest BCUT2D eigenvalue weighted by molar-refractivity contribution is 7.10. The second kappa shape index (κ2) is 13.1. The van der Waals surface area contributed by atoms with Crippen LogP contribution < -0.4 is 4.74 Å². The summed E-state index contributed by atoms with van der Waals surface area (Å²) in [6.45, 7) is 10.6. The van der Waals surface area contributed by atoms with E-state index in [0.717, 1.165) is 17.7 Å². The van der Waals surface area contributed by atoms with Crippen LogP contribution in [0.25, 0.3) is 0 Å². The van der Waals surface area contributed by atoms with Gasteiger partial charge in [-0.1, -0.05) is 39.8 Å². The second-order valence-corrected chi connectivity index (χ2v) is 10.9. The molecule has 6 nitrogen and oxygen atoms in total. The van der Waals surface area contributed by atoms with Gasteiger partial charge in [0.2, 0.25) is 11.8 Å². The van der Waals surface area contributed by atoms with Crippen LogP contribution in [0, 0.1) is 5.92 Å². The van der Waals surface area contributed by atoms with Gasteiger partial charge in [-0.05, 0) is 59.4 Å². The standard InChI is InChI=1S/C28H40N2O4S/c1-20(2)17-27(31)29(13-6-15-33-5)18-28(32)30-14-11-26-24(12-16-35-26)25(30)19-34-23-9-7-22(8-10-23)21(3)4/h7-10,12,16,20-21,25H,6,11,13-15,17-19H2,1-5H3/t25-/m1/s1. The van der Waals surface area contributed by atoms with Crippen molar-refractivity contribution in [2.45, 2.75) is 58.9 Å². The summed E-state index contributed by atoms with van der Waals surface area (Å²) in [6.07, 6.45) is 1.98. The summed E-state index contributed by atoms with van der Waals surface area (Å²) < 4.78 is 11.4. The number of nitrogens with zero attached hydrogens (tertiary/aromatic N) is 2. The van der Waals surface area contributed by atoms with Crippen LogP contribution in [0.15, 0.2) is 35.7 Å². The fourth-order valence-corrected chi connectivity index (χ4v) is 5.35. The normalized spacial score (nSPS) is 15.4. The molecule has 0 N–H and O–H groups in total. The Morgan fingerprint density at radius 1 is 1.14 bits per heavy atom. The molecule has 0 aliphatic carbocycles. The largest absolute Gasteiger partial charge is 0.491 e. The van der Waals surface area contributed by atoms with Crippen molar-refractivity contribution < 1.29 is 19.1 Å². The van der Waals surface area contributed by atoms with Gasteiger partial charge in [0.1, 0.15) is 12.4 Å². The van der Waals surface area contributed by atoms with Crippen molar-refractivity contribution in [3.05, 3.63) is 51.7 Å². The predicted octanol–water partition coefficient (Wildman–Crippen LogP) is 5.29. The summed E-state index contributed by atoms with van der Waals surface area (Å²) in [4.78, 5) is 31.4. The van der Waals surface area contributed by atoms with Crippen LogP contribution in [0.1, 0.15) is 68.5 Å². The molecule has 0 bridgehead atoms. The summed E-state index contributed by atoms with van der Waals surface area (Å²) in [7, 11) is 1.65. The Morgan fingerprint density at radius 3 is 2.54 bits per heavy atom. The summed E-state index contributed by atoms with van der Waals surface area (Å²) in [5.74, 6) is 1.51. The highest BCUT2D eigenvalue weighted by Gasteiger charge is 2.33. The van der Waals surface area contributed by atoms with Crippen molar-refractivity contribution in [2.24, 2.45) is 5.92 Å². The Kier molecular flexibility index (Phi) is 10.2. The van der Waals surface area contributed by atoms with Gasteiger partial charge in [-0.25, -0.2) is 0 Å². The molecule has 35 heavy (non-hydrogen) atoms. The zero-order valence-corrected chi connectivity index (χ0v) is 22.6. The van der Waals surface area contributed by atoms with Gasteiger partial charge in [0.15, 0.2) is 0 Å². The highest BCUT2D eigenvalue weighted by atomic mass is 32.1. The van der Waals surface area contributed by atoms with E-state index in [9.17, 15) is 9.59 Å². The highest BCUT2D eigenvalue weighted by Crippen LogP contribution is 2.34. The third-order valence-corrected chi connectivity index (χ3v) is 7.40. The molecule has 1 aliphatic rings. The van der Waals surface area contributed by atoms with Crippen molar-refractivity contribution in [1.29, 1.82) is 0 Å². The maximum absolute atomic E-state index is 13.6. The Balaban J connectivity index is 1.73. The van der Waals surface area contributed by atoms with E-state index < -0.39 is 0 Å². The molecule has 0 fully saturated rings. The Bertz CT molecular complexity index is 954. The van der Waals surface area contributed by atoms with Crippen LogP contribution in [-0.2, 0) is 20.7 Å². The molecular weight excluding hydrogens is 460 g/mol. The number of amides is 2. The maximum Gasteiger partial charge on any atom is 0.242 e. The number of hydrogen-bond acceptors (Lipinski definition) is 5. The lowest BCUT2D eigenvalue weighted by atomic mass is 10.00. The smallest absolute Gasteiger partial charge is 0.242 e. The number of carbonyl (C=O) groups is 2. The molecule has 0 saturated heterocycles. The number of rotatable bonds is 12. The molecule has 1 aliphatic heterocycles. The summed E-state index contributed by atoms with van der Waals surface area (Å²) in [5, 5.41) is 2.09. The van der Waals surface area contributed by atoms with Crippen LogP contribution in [0.3, 0.4) is 0 Å². The van der Waals surface area contributed by atoms with E-state index in [1.54, 1.807) is 23.3 Å². The van der Waals surface area contributed by atoms with E-state index in [2.05, 4.69) is 37.4 Å². The number of thiophene rings is 1. The van der Waals surface area contributed by atoms with Gasteiger partial charge in [-0.15, -0.1) is 11.3 Å². The van der Waals surface area contributed by atoms with Crippen molar-refractivity contribution >= 4 is 23.2 Å². The Labute approximate surface area is 214 Å². The first-order chi connectivity index (χ1) is 16.8. The topological polar surface area (TPSA) is 59.1 Å². The lowest BCUT2D eigenvalue weighted by molar-refractivity contribution is -0.143. The van der Waals surface area contributed by atoms with E-state index in [4.69, 9.17) is 9.47 Å². The minimum atomic E-state index is -0.164. The molecule has 0 saturated carbocycles. The van der Waals surface area contributed by atoms with Crippen LogP contribution in [0.4, 0.5) is 0 Å². The first kappa shape index (κ1) is 27.2. The van der Waals surface area contributed by atoms with Crippen LogP contribution in [0.2, 0.25) is 0 Å². The van der Waals surface area contributed by atoms with Gasteiger partial charge in [0.25, 0.3) is 0 Å². The first-order valence-electron chi connectivity index (χ1n) is 12.6. The quantitative estimate of drug-likeness (QED) is 0.372. The predicted molar refractivity (Wildman–Crippen MR) is 141 cm³/mol. The molecule has 7 heteroatoms. The molecule has 2 aromatic rings. The molecule has 3 rings (SSSR count). The third kappa shape index (κ3) is 7.55. The number of fused-ring (bicyclic) bond motifs is 1. The molecule has 2 amide bonds. The molecule has 0 unspecified atom stereocenters. The minimum Gasteiger partial charge on any atom is -0.491 e. The average molecular weight is 501 g/mol. The number of ether oxygens (including phenoxy) is 2. The molecule has 192 valence electrons. The second-order valence-electron chi connectivity index (χ2n) is 9.95. The lowest BCUT2D eigenvalue weighted by Gasteiger charge is -2.37. The lowest BCUT2D eigenvalue weighted by Crippen LogP contribution is -2.48. The number of methoxy groups -OCH3 is 1. The van der Waals surface area contributed by atoms with Gasteiger partial charge in [0, 0.05) is 38.1 Å². The fourth-order valence-electron chi connectivity index (χ4n) is 4.42. The fraction of sp³-hybridized carbons (Fsp3) is 0.571.